The zero-order chi connectivity index (χ0) is 21.9. The summed E-state index contributed by atoms with van der Waals surface area (Å²) in [4.78, 5) is 12.5. The zero-order valence-electron chi connectivity index (χ0n) is 16.9. The van der Waals surface area contributed by atoms with E-state index in [0.29, 0.717) is 11.3 Å². The third-order valence-corrected chi connectivity index (χ3v) is 5.93. The van der Waals surface area contributed by atoms with E-state index in [2.05, 4.69) is 30.8 Å². The van der Waals surface area contributed by atoms with Crippen LogP contribution in [-0.4, -0.2) is 14.3 Å². The molecule has 5 nitrogen and oxygen atoms in total. The highest BCUT2D eigenvalue weighted by Gasteiger charge is 2.16. The minimum absolute atomic E-state index is 0.00171. The van der Waals surface area contributed by atoms with Gasteiger partial charge in [-0.25, -0.2) is 12.8 Å². The van der Waals surface area contributed by atoms with E-state index < -0.39 is 15.8 Å². The molecule has 0 aromatic heterocycles. The van der Waals surface area contributed by atoms with Crippen LogP contribution >= 0.6 is 0 Å². The van der Waals surface area contributed by atoms with E-state index in [4.69, 9.17) is 0 Å². The average Bonchev–Trinajstić information content (AvgIpc) is 2.69. The number of carbonyl (C=O) groups excluding carboxylic acids is 1. The van der Waals surface area contributed by atoms with Gasteiger partial charge in [0.05, 0.1) is 4.90 Å². The summed E-state index contributed by atoms with van der Waals surface area (Å²) in [6, 6.07) is 18.2. The van der Waals surface area contributed by atoms with Gasteiger partial charge in [-0.15, -0.1) is 0 Å². The SMILES string of the molecule is CC(C)(C)c1ccc(C(=O)Nc2ccc(S(=O)(=O)Nc3ccc(F)cc3)cc2)cc1. The van der Waals surface area contributed by atoms with Crippen molar-refractivity contribution in [2.75, 3.05) is 10.0 Å². The van der Waals surface area contributed by atoms with E-state index in [0.717, 1.165) is 5.56 Å². The first-order valence-corrected chi connectivity index (χ1v) is 10.8. The zero-order valence-corrected chi connectivity index (χ0v) is 17.8. The molecular formula is C23H23FN2O3S. The summed E-state index contributed by atoms with van der Waals surface area (Å²) in [5.41, 5.74) is 2.37. The third kappa shape index (κ3) is 5.24. The van der Waals surface area contributed by atoms with Crippen LogP contribution in [0.25, 0.3) is 0 Å². The Morgan fingerprint density at radius 3 is 1.87 bits per heavy atom. The highest BCUT2D eigenvalue weighted by molar-refractivity contribution is 7.92. The molecule has 0 saturated carbocycles. The Morgan fingerprint density at radius 2 is 1.33 bits per heavy atom. The first kappa shape index (κ1) is 21.5. The van der Waals surface area contributed by atoms with E-state index in [9.17, 15) is 17.6 Å². The summed E-state index contributed by atoms with van der Waals surface area (Å²) in [7, 11) is -3.83. The molecule has 3 rings (SSSR count). The van der Waals surface area contributed by atoms with Gasteiger partial charge in [0.1, 0.15) is 5.82 Å². The van der Waals surface area contributed by atoms with Gasteiger partial charge >= 0.3 is 0 Å². The molecule has 0 saturated heterocycles. The molecule has 0 aliphatic heterocycles. The lowest BCUT2D eigenvalue weighted by molar-refractivity contribution is 0.102. The molecular weight excluding hydrogens is 403 g/mol. The minimum Gasteiger partial charge on any atom is -0.322 e. The van der Waals surface area contributed by atoms with Gasteiger partial charge in [-0.3, -0.25) is 9.52 Å². The van der Waals surface area contributed by atoms with Crippen molar-refractivity contribution in [3.63, 3.8) is 0 Å². The topological polar surface area (TPSA) is 75.3 Å². The standard InChI is InChI=1S/C23H23FN2O3S/c1-23(2,3)17-6-4-16(5-7-17)22(27)25-19-12-14-21(15-13-19)30(28,29)26-20-10-8-18(24)9-11-20/h4-15,26H,1-3H3,(H,25,27). The largest absolute Gasteiger partial charge is 0.322 e. The van der Waals surface area contributed by atoms with Crippen LogP contribution in [0.2, 0.25) is 0 Å². The second kappa shape index (κ2) is 8.28. The van der Waals surface area contributed by atoms with Crippen LogP contribution in [0.5, 0.6) is 0 Å². The summed E-state index contributed by atoms with van der Waals surface area (Å²) in [6.07, 6.45) is 0. The molecule has 2 N–H and O–H groups in total. The maximum Gasteiger partial charge on any atom is 0.261 e. The predicted molar refractivity (Wildman–Crippen MR) is 117 cm³/mol. The molecule has 3 aromatic rings. The molecule has 0 aliphatic carbocycles. The van der Waals surface area contributed by atoms with E-state index in [-0.39, 0.29) is 21.9 Å². The predicted octanol–water partition coefficient (Wildman–Crippen LogP) is 5.18. The smallest absolute Gasteiger partial charge is 0.261 e. The summed E-state index contributed by atoms with van der Waals surface area (Å²) < 4.78 is 40.3. The number of carbonyl (C=O) groups is 1. The molecule has 7 heteroatoms. The van der Waals surface area contributed by atoms with Gasteiger partial charge in [-0.05, 0) is 71.6 Å². The van der Waals surface area contributed by atoms with Crippen LogP contribution < -0.4 is 10.0 Å². The van der Waals surface area contributed by atoms with Crippen molar-refractivity contribution in [3.8, 4) is 0 Å². The Hall–Kier alpha value is -3.19. The molecule has 1 amide bonds. The number of amides is 1. The van der Waals surface area contributed by atoms with Gasteiger partial charge in [0.25, 0.3) is 15.9 Å². The summed E-state index contributed by atoms with van der Waals surface area (Å²) in [6.45, 7) is 6.30. The number of nitrogens with one attached hydrogen (secondary N) is 2. The number of sulfonamides is 1. The normalized spacial score (nSPS) is 11.7. The third-order valence-electron chi connectivity index (χ3n) is 4.53. The highest BCUT2D eigenvalue weighted by atomic mass is 32.2. The molecule has 0 fully saturated rings. The molecule has 0 atom stereocenters. The number of benzene rings is 3. The van der Waals surface area contributed by atoms with Crippen LogP contribution in [-0.2, 0) is 15.4 Å². The number of hydrogen-bond acceptors (Lipinski definition) is 3. The van der Waals surface area contributed by atoms with Gasteiger partial charge in [0.2, 0.25) is 0 Å². The molecule has 0 heterocycles. The quantitative estimate of drug-likeness (QED) is 0.591. The molecule has 30 heavy (non-hydrogen) atoms. The number of anilines is 2. The number of hydrogen-bond donors (Lipinski definition) is 2. The Bertz CT molecular complexity index is 1130. The van der Waals surface area contributed by atoms with Crippen molar-refractivity contribution in [2.24, 2.45) is 0 Å². The Morgan fingerprint density at radius 1 is 0.800 bits per heavy atom. The van der Waals surface area contributed by atoms with Crippen molar-refractivity contribution in [1.82, 2.24) is 0 Å². The molecule has 156 valence electrons. The summed E-state index contributed by atoms with van der Waals surface area (Å²) in [5, 5.41) is 2.76. The van der Waals surface area contributed by atoms with E-state index in [1.165, 1.54) is 48.5 Å². The molecule has 0 spiro atoms. The van der Waals surface area contributed by atoms with Crippen molar-refractivity contribution >= 4 is 27.3 Å². The molecule has 0 radical (unpaired) electrons. The fourth-order valence-electron chi connectivity index (χ4n) is 2.77. The minimum atomic E-state index is -3.83. The number of halogens is 1. The van der Waals surface area contributed by atoms with Crippen molar-refractivity contribution in [2.45, 2.75) is 31.1 Å². The average molecular weight is 427 g/mol. The molecule has 0 aliphatic rings. The van der Waals surface area contributed by atoms with Crippen LogP contribution in [0.3, 0.4) is 0 Å². The van der Waals surface area contributed by atoms with Gasteiger partial charge in [0.15, 0.2) is 0 Å². The fourth-order valence-corrected chi connectivity index (χ4v) is 3.83. The monoisotopic (exact) mass is 426 g/mol. The van der Waals surface area contributed by atoms with Crippen molar-refractivity contribution < 1.29 is 17.6 Å². The Balaban J connectivity index is 1.69. The second-order valence-electron chi connectivity index (χ2n) is 7.92. The maximum absolute atomic E-state index is 13.0. The lowest BCUT2D eigenvalue weighted by atomic mass is 9.87. The number of rotatable bonds is 5. The lowest BCUT2D eigenvalue weighted by Gasteiger charge is -2.19. The van der Waals surface area contributed by atoms with E-state index >= 15 is 0 Å². The van der Waals surface area contributed by atoms with Crippen LogP contribution in [0.1, 0.15) is 36.7 Å². The van der Waals surface area contributed by atoms with Crippen LogP contribution in [0, 0.1) is 5.82 Å². The molecule has 0 bridgehead atoms. The van der Waals surface area contributed by atoms with Crippen LogP contribution in [0.15, 0.2) is 77.7 Å². The lowest BCUT2D eigenvalue weighted by Crippen LogP contribution is -2.15. The van der Waals surface area contributed by atoms with Gasteiger partial charge in [-0.2, -0.15) is 0 Å². The molecule has 3 aromatic carbocycles. The fraction of sp³-hybridized carbons (Fsp3) is 0.174. The summed E-state index contributed by atoms with van der Waals surface area (Å²) in [5.74, 6) is -0.735. The van der Waals surface area contributed by atoms with Crippen molar-refractivity contribution in [1.29, 1.82) is 0 Å². The van der Waals surface area contributed by atoms with E-state index in [1.54, 1.807) is 12.1 Å². The maximum atomic E-state index is 13.0. The van der Waals surface area contributed by atoms with Gasteiger partial charge in [0, 0.05) is 16.9 Å². The van der Waals surface area contributed by atoms with E-state index in [1.807, 2.05) is 12.1 Å². The second-order valence-corrected chi connectivity index (χ2v) is 9.60. The van der Waals surface area contributed by atoms with Crippen molar-refractivity contribution in [3.05, 3.63) is 89.7 Å². The van der Waals surface area contributed by atoms with Crippen LogP contribution in [0.4, 0.5) is 15.8 Å². The first-order chi connectivity index (χ1) is 14.0. The highest BCUT2D eigenvalue weighted by Crippen LogP contribution is 2.23. The van der Waals surface area contributed by atoms with Gasteiger partial charge in [-0.1, -0.05) is 32.9 Å². The summed E-state index contributed by atoms with van der Waals surface area (Å²) >= 11 is 0. The Labute approximate surface area is 176 Å². The Kier molecular flexibility index (Phi) is 5.94. The first-order valence-electron chi connectivity index (χ1n) is 9.35. The van der Waals surface area contributed by atoms with Gasteiger partial charge < -0.3 is 5.32 Å². The molecule has 0 unspecified atom stereocenters.